The summed E-state index contributed by atoms with van der Waals surface area (Å²) in [7, 11) is -3.38. The van der Waals surface area contributed by atoms with E-state index in [1.54, 1.807) is 6.92 Å². The lowest BCUT2D eigenvalue weighted by molar-refractivity contribution is -0.115. The van der Waals surface area contributed by atoms with Gasteiger partial charge in [0.2, 0.25) is 5.91 Å². The molecule has 0 unspecified atom stereocenters. The van der Waals surface area contributed by atoms with E-state index in [0.717, 1.165) is 29.2 Å². The second kappa shape index (κ2) is 10.2. The quantitative estimate of drug-likeness (QED) is 0.488. The molecule has 4 rings (SSSR count). The number of nitriles is 1. The number of amides is 1. The number of hydrogen-bond donors (Lipinski definition) is 1. The highest BCUT2D eigenvalue weighted by molar-refractivity contribution is 7.91. The molecule has 182 valence electrons. The first-order valence-electron chi connectivity index (χ1n) is 11.3. The molecule has 3 aromatic rings. The first kappa shape index (κ1) is 24.9. The molecule has 1 atom stereocenters. The van der Waals surface area contributed by atoms with Gasteiger partial charge in [-0.1, -0.05) is 32.9 Å². The topological polar surface area (TPSA) is 129 Å². The zero-order valence-corrected chi connectivity index (χ0v) is 21.4. The van der Waals surface area contributed by atoms with Gasteiger partial charge in [-0.2, -0.15) is 5.26 Å². The lowest BCUT2D eigenvalue weighted by atomic mass is 10.0. The Morgan fingerprint density at radius 2 is 1.94 bits per heavy atom. The number of carbonyl (C=O) groups is 1. The van der Waals surface area contributed by atoms with Crippen LogP contribution in [0, 0.1) is 17.2 Å². The molecule has 1 amide bonds. The highest BCUT2D eigenvalue weighted by Crippen LogP contribution is 2.43. The van der Waals surface area contributed by atoms with Gasteiger partial charge in [0.15, 0.2) is 15.0 Å². The summed E-state index contributed by atoms with van der Waals surface area (Å²) in [4.78, 5) is 28.9. The zero-order valence-electron chi connectivity index (χ0n) is 19.7. The van der Waals surface area contributed by atoms with Gasteiger partial charge in [-0.3, -0.25) is 9.69 Å². The van der Waals surface area contributed by atoms with Crippen molar-refractivity contribution in [3.63, 3.8) is 0 Å². The summed E-state index contributed by atoms with van der Waals surface area (Å²) in [6, 6.07) is 9.89. The van der Waals surface area contributed by atoms with Gasteiger partial charge in [-0.15, -0.1) is 11.3 Å². The van der Waals surface area contributed by atoms with Crippen molar-refractivity contribution in [2.75, 3.05) is 11.1 Å². The van der Waals surface area contributed by atoms with Crippen LogP contribution >= 0.6 is 11.3 Å². The molecule has 2 aromatic heterocycles. The SMILES string of the molecule is CCS(=O)(=O)c1cnc(CC(=O)Nc2nc3c(s2)CN(Cc2ccc(C#N)cc2)[C@@H]3C(C)C)nc1. The van der Waals surface area contributed by atoms with Gasteiger partial charge < -0.3 is 5.32 Å². The second-order valence-corrected chi connectivity index (χ2v) is 12.1. The van der Waals surface area contributed by atoms with Gasteiger partial charge in [0.1, 0.15) is 10.7 Å². The van der Waals surface area contributed by atoms with Crippen LogP contribution in [-0.2, 0) is 34.1 Å². The summed E-state index contributed by atoms with van der Waals surface area (Å²) in [5.74, 6) is 0.230. The summed E-state index contributed by atoms with van der Waals surface area (Å²) < 4.78 is 23.8. The molecule has 0 spiro atoms. The van der Waals surface area contributed by atoms with Crippen LogP contribution in [0.1, 0.15) is 54.3 Å². The number of fused-ring (bicyclic) bond motifs is 1. The molecule has 1 N–H and O–H groups in total. The standard InChI is InChI=1S/C24H26N6O3S2/c1-4-35(32,33)18-11-26-20(27-12-18)9-21(31)28-24-29-22-19(34-24)14-30(23(22)15(2)3)13-17-7-5-16(10-25)6-8-17/h5-8,11-12,15,23H,4,9,13-14H2,1-3H3,(H,28,29,31)/t23-/m1/s1. The van der Waals surface area contributed by atoms with Gasteiger partial charge >= 0.3 is 0 Å². The Balaban J connectivity index is 1.41. The van der Waals surface area contributed by atoms with Crippen molar-refractivity contribution >= 4 is 32.2 Å². The third-order valence-corrected chi connectivity index (χ3v) is 8.49. The molecule has 35 heavy (non-hydrogen) atoms. The Labute approximate surface area is 208 Å². The number of hydrogen-bond acceptors (Lipinski definition) is 9. The molecule has 0 saturated heterocycles. The van der Waals surface area contributed by atoms with Crippen molar-refractivity contribution in [2.45, 2.75) is 51.2 Å². The highest BCUT2D eigenvalue weighted by atomic mass is 32.2. The average molecular weight is 511 g/mol. The lowest BCUT2D eigenvalue weighted by Gasteiger charge is -2.27. The maximum Gasteiger partial charge on any atom is 0.233 e. The highest BCUT2D eigenvalue weighted by Gasteiger charge is 2.36. The van der Waals surface area contributed by atoms with Crippen LogP contribution in [0.15, 0.2) is 41.6 Å². The Bertz CT molecular complexity index is 1360. The number of aromatic nitrogens is 3. The molecular weight excluding hydrogens is 484 g/mol. The van der Waals surface area contributed by atoms with Gasteiger partial charge in [0.05, 0.1) is 35.5 Å². The van der Waals surface area contributed by atoms with E-state index < -0.39 is 9.84 Å². The minimum absolute atomic E-state index is 0.0345. The van der Waals surface area contributed by atoms with Crippen molar-refractivity contribution in [2.24, 2.45) is 5.92 Å². The predicted molar refractivity (Wildman–Crippen MR) is 132 cm³/mol. The number of rotatable bonds is 8. The van der Waals surface area contributed by atoms with Crippen LogP contribution < -0.4 is 5.32 Å². The van der Waals surface area contributed by atoms with E-state index in [4.69, 9.17) is 10.2 Å². The van der Waals surface area contributed by atoms with Crippen molar-refractivity contribution in [1.82, 2.24) is 19.9 Å². The minimum Gasteiger partial charge on any atom is -0.302 e. The fraction of sp³-hybridized carbons (Fsp3) is 0.375. The van der Waals surface area contributed by atoms with Crippen molar-refractivity contribution in [3.8, 4) is 6.07 Å². The van der Waals surface area contributed by atoms with E-state index >= 15 is 0 Å². The van der Waals surface area contributed by atoms with Crippen LogP contribution in [0.4, 0.5) is 5.13 Å². The van der Waals surface area contributed by atoms with Crippen molar-refractivity contribution in [1.29, 1.82) is 5.26 Å². The molecule has 9 nitrogen and oxygen atoms in total. The molecular formula is C24H26N6O3S2. The molecule has 1 aliphatic rings. The predicted octanol–water partition coefficient (Wildman–Crippen LogP) is 3.49. The summed E-state index contributed by atoms with van der Waals surface area (Å²) in [5, 5.41) is 12.4. The van der Waals surface area contributed by atoms with Crippen LogP contribution in [0.2, 0.25) is 0 Å². The van der Waals surface area contributed by atoms with E-state index in [2.05, 4.69) is 40.1 Å². The fourth-order valence-corrected chi connectivity index (χ4v) is 5.90. The van der Waals surface area contributed by atoms with E-state index in [1.165, 1.54) is 23.7 Å². The number of nitrogens with zero attached hydrogens (tertiary/aromatic N) is 5. The maximum atomic E-state index is 12.5. The molecule has 11 heteroatoms. The molecule has 0 saturated carbocycles. The molecule has 0 radical (unpaired) electrons. The average Bonchev–Trinajstić information content (AvgIpc) is 3.36. The maximum absolute atomic E-state index is 12.5. The first-order valence-corrected chi connectivity index (χ1v) is 13.7. The second-order valence-electron chi connectivity index (χ2n) is 8.69. The van der Waals surface area contributed by atoms with Crippen LogP contribution in [0.3, 0.4) is 0 Å². The minimum atomic E-state index is -3.38. The third kappa shape index (κ3) is 5.56. The fourth-order valence-electron chi connectivity index (χ4n) is 4.10. The van der Waals surface area contributed by atoms with E-state index in [1.807, 2.05) is 24.3 Å². The van der Waals surface area contributed by atoms with E-state index in [0.29, 0.717) is 16.6 Å². The van der Waals surface area contributed by atoms with Crippen molar-refractivity contribution < 1.29 is 13.2 Å². The van der Waals surface area contributed by atoms with Gasteiger partial charge in [-0.05, 0) is 23.6 Å². The Morgan fingerprint density at radius 3 is 2.54 bits per heavy atom. The Hall–Kier alpha value is -3.20. The van der Waals surface area contributed by atoms with Crippen LogP contribution in [0.5, 0.6) is 0 Å². The molecule has 0 bridgehead atoms. The summed E-state index contributed by atoms with van der Waals surface area (Å²) >= 11 is 1.46. The Kier molecular flexibility index (Phi) is 7.25. The molecule has 0 fully saturated rings. The third-order valence-electron chi connectivity index (χ3n) is 5.83. The van der Waals surface area contributed by atoms with Crippen LogP contribution in [0.25, 0.3) is 0 Å². The number of carbonyl (C=O) groups excluding carboxylic acids is 1. The van der Waals surface area contributed by atoms with Crippen LogP contribution in [-0.4, -0.2) is 39.9 Å². The molecule has 3 heterocycles. The van der Waals surface area contributed by atoms with E-state index in [-0.39, 0.29) is 34.8 Å². The number of anilines is 1. The lowest BCUT2D eigenvalue weighted by Crippen LogP contribution is -2.26. The largest absolute Gasteiger partial charge is 0.302 e. The number of thiazole rings is 1. The number of sulfone groups is 1. The monoisotopic (exact) mass is 510 g/mol. The zero-order chi connectivity index (χ0) is 25.2. The van der Waals surface area contributed by atoms with Gasteiger partial charge in [0.25, 0.3) is 0 Å². The van der Waals surface area contributed by atoms with Crippen molar-refractivity contribution in [3.05, 3.63) is 64.2 Å². The first-order chi connectivity index (χ1) is 16.7. The van der Waals surface area contributed by atoms with Gasteiger partial charge in [0, 0.05) is 30.4 Å². The van der Waals surface area contributed by atoms with E-state index in [9.17, 15) is 13.2 Å². The summed E-state index contributed by atoms with van der Waals surface area (Å²) in [5.41, 5.74) is 2.76. The number of nitrogens with one attached hydrogen (secondary N) is 1. The molecule has 0 aliphatic carbocycles. The summed E-state index contributed by atoms with van der Waals surface area (Å²) in [6.07, 6.45) is 2.40. The summed E-state index contributed by atoms with van der Waals surface area (Å²) in [6.45, 7) is 7.35. The van der Waals surface area contributed by atoms with Gasteiger partial charge in [-0.25, -0.2) is 23.4 Å². The normalized spacial score (nSPS) is 15.7. The smallest absolute Gasteiger partial charge is 0.233 e. The number of benzene rings is 1. The Morgan fingerprint density at radius 1 is 1.26 bits per heavy atom. The molecule has 1 aliphatic heterocycles. The molecule has 1 aromatic carbocycles.